The molecule has 6 heteroatoms. The molecule has 0 unspecified atom stereocenters. The first-order valence-electron chi connectivity index (χ1n) is 8.42. The molecule has 1 amide bonds. The van der Waals surface area contributed by atoms with Crippen LogP contribution in [-0.2, 0) is 11.8 Å². The second-order valence-corrected chi connectivity index (χ2v) is 6.21. The van der Waals surface area contributed by atoms with Gasteiger partial charge in [-0.25, -0.2) is 4.68 Å². The number of amides is 1. The van der Waals surface area contributed by atoms with Crippen LogP contribution in [-0.4, -0.2) is 21.8 Å². The molecule has 0 radical (unpaired) electrons. The average molecular weight is 350 g/mol. The topological polar surface area (TPSA) is 68.1 Å². The number of aromatic nitrogens is 2. The molecule has 1 heterocycles. The molecule has 0 bridgehead atoms. The summed E-state index contributed by atoms with van der Waals surface area (Å²) in [4.78, 5) is 25.1. The maximum atomic E-state index is 12.8. The van der Waals surface area contributed by atoms with Crippen molar-refractivity contribution >= 4 is 17.3 Å². The van der Waals surface area contributed by atoms with Crippen molar-refractivity contribution in [3.8, 4) is 5.69 Å². The van der Waals surface area contributed by atoms with Gasteiger partial charge in [-0.3, -0.25) is 14.3 Å². The van der Waals surface area contributed by atoms with Crippen LogP contribution in [0.15, 0.2) is 59.4 Å². The largest absolute Gasteiger partial charge is 0.376 e. The number of nitrogens with one attached hydrogen (secondary N) is 2. The summed E-state index contributed by atoms with van der Waals surface area (Å²) in [7, 11) is 1.80. The van der Waals surface area contributed by atoms with Gasteiger partial charge in [0.1, 0.15) is 5.69 Å². The van der Waals surface area contributed by atoms with E-state index in [4.69, 9.17) is 0 Å². The maximum Gasteiger partial charge on any atom is 0.295 e. The van der Waals surface area contributed by atoms with Crippen molar-refractivity contribution in [1.82, 2.24) is 9.36 Å². The second-order valence-electron chi connectivity index (χ2n) is 6.21. The third-order valence-electron chi connectivity index (χ3n) is 4.29. The average Bonchev–Trinajstić information content (AvgIpc) is 2.84. The van der Waals surface area contributed by atoms with E-state index in [-0.39, 0.29) is 18.0 Å². The van der Waals surface area contributed by atoms with Gasteiger partial charge in [-0.1, -0.05) is 30.3 Å². The van der Waals surface area contributed by atoms with Crippen LogP contribution in [0.25, 0.3) is 5.69 Å². The molecule has 0 atom stereocenters. The van der Waals surface area contributed by atoms with Crippen molar-refractivity contribution in [3.63, 3.8) is 0 Å². The lowest BCUT2D eigenvalue weighted by molar-refractivity contribution is -0.114. The molecular weight excluding hydrogens is 328 g/mol. The van der Waals surface area contributed by atoms with E-state index >= 15 is 0 Å². The van der Waals surface area contributed by atoms with Crippen LogP contribution in [0, 0.1) is 13.8 Å². The molecule has 0 aliphatic heterocycles. The van der Waals surface area contributed by atoms with Crippen molar-refractivity contribution in [2.45, 2.75) is 13.8 Å². The number of anilines is 2. The SMILES string of the molecule is Cc1cccc(NCC(=O)Nc2c(C)n(C)n(-c3ccccc3)c2=O)c1. The van der Waals surface area contributed by atoms with Gasteiger partial charge in [-0.2, -0.15) is 0 Å². The van der Waals surface area contributed by atoms with E-state index in [9.17, 15) is 9.59 Å². The van der Waals surface area contributed by atoms with Crippen LogP contribution in [0.5, 0.6) is 0 Å². The van der Waals surface area contributed by atoms with E-state index in [1.165, 1.54) is 0 Å². The van der Waals surface area contributed by atoms with Crippen LogP contribution < -0.4 is 16.2 Å². The number of hydrogen-bond acceptors (Lipinski definition) is 3. The highest BCUT2D eigenvalue weighted by atomic mass is 16.2. The minimum absolute atomic E-state index is 0.0859. The van der Waals surface area contributed by atoms with Gasteiger partial charge in [0, 0.05) is 12.7 Å². The number of rotatable bonds is 5. The molecule has 6 nitrogen and oxygen atoms in total. The molecular formula is C20H22N4O2. The number of aryl methyl sites for hydroxylation is 1. The number of carbonyl (C=O) groups is 1. The lowest BCUT2D eigenvalue weighted by Gasteiger charge is -2.08. The summed E-state index contributed by atoms with van der Waals surface area (Å²) < 4.78 is 3.28. The highest BCUT2D eigenvalue weighted by molar-refractivity contribution is 5.94. The molecule has 0 fully saturated rings. The van der Waals surface area contributed by atoms with Crippen molar-refractivity contribution in [3.05, 3.63) is 76.2 Å². The Morgan fingerprint density at radius 3 is 2.46 bits per heavy atom. The van der Waals surface area contributed by atoms with E-state index in [0.717, 1.165) is 16.9 Å². The van der Waals surface area contributed by atoms with Gasteiger partial charge in [0.25, 0.3) is 5.56 Å². The highest BCUT2D eigenvalue weighted by Crippen LogP contribution is 2.14. The molecule has 0 saturated heterocycles. The predicted molar refractivity (Wildman–Crippen MR) is 104 cm³/mol. The van der Waals surface area contributed by atoms with Crippen LogP contribution >= 0.6 is 0 Å². The van der Waals surface area contributed by atoms with E-state index in [1.807, 2.05) is 68.4 Å². The van der Waals surface area contributed by atoms with E-state index in [1.54, 1.807) is 16.4 Å². The molecule has 3 aromatic rings. The first kappa shape index (κ1) is 17.5. The van der Waals surface area contributed by atoms with Gasteiger partial charge >= 0.3 is 0 Å². The minimum Gasteiger partial charge on any atom is -0.376 e. The minimum atomic E-state index is -0.266. The quantitative estimate of drug-likeness (QED) is 0.743. The Kier molecular flexibility index (Phi) is 4.93. The molecule has 0 saturated carbocycles. The summed E-state index contributed by atoms with van der Waals surface area (Å²) in [5.74, 6) is -0.266. The number of carbonyl (C=O) groups excluding carboxylic acids is 1. The van der Waals surface area contributed by atoms with Gasteiger partial charge < -0.3 is 10.6 Å². The van der Waals surface area contributed by atoms with Gasteiger partial charge in [0.15, 0.2) is 0 Å². The van der Waals surface area contributed by atoms with E-state index in [2.05, 4.69) is 10.6 Å². The number of para-hydroxylation sites is 1. The van der Waals surface area contributed by atoms with Crippen LogP contribution in [0.3, 0.4) is 0 Å². The molecule has 2 N–H and O–H groups in total. The Balaban J connectivity index is 1.78. The van der Waals surface area contributed by atoms with Crippen molar-refractivity contribution in [1.29, 1.82) is 0 Å². The molecule has 134 valence electrons. The second kappa shape index (κ2) is 7.31. The summed E-state index contributed by atoms with van der Waals surface area (Å²) >= 11 is 0. The number of hydrogen-bond donors (Lipinski definition) is 2. The molecule has 2 aromatic carbocycles. The Morgan fingerprint density at radius 1 is 1.04 bits per heavy atom. The third-order valence-corrected chi connectivity index (χ3v) is 4.29. The highest BCUT2D eigenvalue weighted by Gasteiger charge is 2.17. The Labute approximate surface area is 152 Å². The molecule has 0 aliphatic carbocycles. The molecule has 0 spiro atoms. The monoisotopic (exact) mass is 350 g/mol. The van der Waals surface area contributed by atoms with Crippen LogP contribution in [0.1, 0.15) is 11.3 Å². The number of nitrogens with zero attached hydrogens (tertiary/aromatic N) is 2. The summed E-state index contributed by atoms with van der Waals surface area (Å²) in [6.07, 6.45) is 0. The lowest BCUT2D eigenvalue weighted by atomic mass is 10.2. The number of benzene rings is 2. The smallest absolute Gasteiger partial charge is 0.295 e. The lowest BCUT2D eigenvalue weighted by Crippen LogP contribution is -2.26. The molecule has 3 rings (SSSR count). The fourth-order valence-electron chi connectivity index (χ4n) is 2.83. The van der Waals surface area contributed by atoms with Gasteiger partial charge in [0.05, 0.1) is 17.9 Å². The van der Waals surface area contributed by atoms with Crippen molar-refractivity contribution < 1.29 is 4.79 Å². The summed E-state index contributed by atoms with van der Waals surface area (Å²) in [5, 5.41) is 5.81. The molecule has 1 aromatic heterocycles. The van der Waals surface area contributed by atoms with Crippen LogP contribution in [0.4, 0.5) is 11.4 Å². The van der Waals surface area contributed by atoms with Gasteiger partial charge in [-0.05, 0) is 43.7 Å². The van der Waals surface area contributed by atoms with Gasteiger partial charge in [-0.15, -0.1) is 0 Å². The van der Waals surface area contributed by atoms with E-state index in [0.29, 0.717) is 11.4 Å². The van der Waals surface area contributed by atoms with Gasteiger partial charge in [0.2, 0.25) is 5.91 Å². The Morgan fingerprint density at radius 2 is 1.77 bits per heavy atom. The van der Waals surface area contributed by atoms with Crippen LogP contribution in [0.2, 0.25) is 0 Å². The third kappa shape index (κ3) is 3.54. The summed E-state index contributed by atoms with van der Waals surface area (Å²) in [5.41, 5.74) is 3.48. The van der Waals surface area contributed by atoms with E-state index < -0.39 is 0 Å². The fraction of sp³-hybridized carbons (Fsp3) is 0.200. The fourth-order valence-corrected chi connectivity index (χ4v) is 2.83. The normalized spacial score (nSPS) is 10.6. The van der Waals surface area contributed by atoms with Crippen molar-refractivity contribution in [2.24, 2.45) is 7.05 Å². The molecule has 0 aliphatic rings. The zero-order valence-corrected chi connectivity index (χ0v) is 15.1. The molecule has 26 heavy (non-hydrogen) atoms. The van der Waals surface area contributed by atoms with Crippen molar-refractivity contribution in [2.75, 3.05) is 17.2 Å². The zero-order chi connectivity index (χ0) is 18.7. The zero-order valence-electron chi connectivity index (χ0n) is 15.1. The standard InChI is InChI=1S/C20H22N4O2/c1-14-8-7-9-16(12-14)21-13-18(25)22-19-15(2)23(3)24(20(19)26)17-10-5-4-6-11-17/h4-12,21H,13H2,1-3H3,(H,22,25). The predicted octanol–water partition coefficient (Wildman–Crippen LogP) is 2.84. The maximum absolute atomic E-state index is 12.8. The Bertz CT molecular complexity index is 987. The summed E-state index contributed by atoms with van der Waals surface area (Å²) in [6, 6.07) is 17.1. The first-order chi connectivity index (χ1) is 12.5. The first-order valence-corrected chi connectivity index (χ1v) is 8.42. The summed E-state index contributed by atoms with van der Waals surface area (Å²) in [6.45, 7) is 3.89. The Hall–Kier alpha value is -3.28.